The summed E-state index contributed by atoms with van der Waals surface area (Å²) in [4.78, 5) is 29.8. The number of hydrogen-bond donors (Lipinski definition) is 2. The van der Waals surface area contributed by atoms with Gasteiger partial charge in [-0.25, -0.2) is 5.43 Å². The average molecular weight is 411 g/mol. The van der Waals surface area contributed by atoms with Gasteiger partial charge in [0.1, 0.15) is 5.70 Å². The molecule has 3 aromatic rings. The van der Waals surface area contributed by atoms with Crippen molar-refractivity contribution in [1.29, 1.82) is 0 Å². The van der Waals surface area contributed by atoms with Crippen LogP contribution in [-0.4, -0.2) is 23.0 Å². The summed E-state index contributed by atoms with van der Waals surface area (Å²) >= 11 is 7.51. The zero-order valence-electron chi connectivity index (χ0n) is 14.5. The lowest BCUT2D eigenvalue weighted by molar-refractivity contribution is -0.117. The van der Waals surface area contributed by atoms with Crippen LogP contribution in [0, 0.1) is 0 Å². The average Bonchev–Trinajstić information content (AvgIpc) is 3.21. The van der Waals surface area contributed by atoms with E-state index in [0.29, 0.717) is 5.02 Å². The summed E-state index contributed by atoms with van der Waals surface area (Å²) in [7, 11) is 0. The van der Waals surface area contributed by atoms with Crippen LogP contribution in [0.25, 0.3) is 6.08 Å². The predicted octanol–water partition coefficient (Wildman–Crippen LogP) is 3.72. The van der Waals surface area contributed by atoms with Crippen molar-refractivity contribution in [3.8, 4) is 0 Å². The fraction of sp³-hybridized carbons (Fsp3) is 0. The molecule has 2 aromatic heterocycles. The standard InChI is InChI=1S/C20H15ClN4O2S/c21-17-6-2-1-5-16(17)19(26)24-18(12-15-4-3-11-28-15)20(27)25-23-13-14-7-9-22-10-8-14/h1-13H,(H,24,26)(H,25,27)/b18-12+,23-13+. The molecule has 0 atom stereocenters. The lowest BCUT2D eigenvalue weighted by Crippen LogP contribution is -2.32. The van der Waals surface area contributed by atoms with E-state index in [-0.39, 0.29) is 11.3 Å². The zero-order valence-corrected chi connectivity index (χ0v) is 16.1. The van der Waals surface area contributed by atoms with E-state index < -0.39 is 11.8 Å². The Morgan fingerprint density at radius 1 is 1.07 bits per heavy atom. The number of halogens is 1. The van der Waals surface area contributed by atoms with Crippen molar-refractivity contribution in [2.24, 2.45) is 5.10 Å². The topological polar surface area (TPSA) is 83.4 Å². The molecule has 0 unspecified atom stereocenters. The van der Waals surface area contributed by atoms with E-state index in [1.165, 1.54) is 17.6 Å². The van der Waals surface area contributed by atoms with Gasteiger partial charge in [-0.3, -0.25) is 14.6 Å². The minimum Gasteiger partial charge on any atom is -0.317 e. The molecule has 3 rings (SSSR count). The highest BCUT2D eigenvalue weighted by atomic mass is 35.5. The Kier molecular flexibility index (Phi) is 6.67. The number of benzene rings is 1. The molecule has 2 heterocycles. The number of aromatic nitrogens is 1. The van der Waals surface area contributed by atoms with Crippen LogP contribution in [0.2, 0.25) is 5.02 Å². The highest BCUT2D eigenvalue weighted by Crippen LogP contribution is 2.16. The summed E-state index contributed by atoms with van der Waals surface area (Å²) in [5, 5.41) is 8.70. The van der Waals surface area contributed by atoms with E-state index in [2.05, 4.69) is 20.8 Å². The quantitative estimate of drug-likeness (QED) is 0.369. The molecule has 1 aromatic carbocycles. The van der Waals surface area contributed by atoms with E-state index in [0.717, 1.165) is 10.4 Å². The summed E-state index contributed by atoms with van der Waals surface area (Å²) in [5.74, 6) is -1.04. The number of hydrazone groups is 1. The predicted molar refractivity (Wildman–Crippen MR) is 111 cm³/mol. The van der Waals surface area contributed by atoms with Gasteiger partial charge in [-0.15, -0.1) is 11.3 Å². The molecule has 140 valence electrons. The maximum atomic E-state index is 12.6. The van der Waals surface area contributed by atoms with Gasteiger partial charge < -0.3 is 5.32 Å². The maximum absolute atomic E-state index is 12.6. The summed E-state index contributed by atoms with van der Waals surface area (Å²) < 4.78 is 0. The second-order valence-electron chi connectivity index (χ2n) is 5.49. The van der Waals surface area contributed by atoms with Crippen molar-refractivity contribution in [3.05, 3.63) is 93.0 Å². The molecule has 0 saturated heterocycles. The van der Waals surface area contributed by atoms with Crippen LogP contribution in [0.3, 0.4) is 0 Å². The molecule has 0 radical (unpaired) electrons. The first-order valence-electron chi connectivity index (χ1n) is 8.18. The Hall–Kier alpha value is -3.29. The lowest BCUT2D eigenvalue weighted by Gasteiger charge is -2.09. The molecule has 0 spiro atoms. The summed E-state index contributed by atoms with van der Waals surface area (Å²) in [6.45, 7) is 0. The molecular weight excluding hydrogens is 396 g/mol. The van der Waals surface area contributed by atoms with Gasteiger partial charge in [0, 0.05) is 17.3 Å². The Bertz CT molecular complexity index is 1020. The Morgan fingerprint density at radius 3 is 2.57 bits per heavy atom. The van der Waals surface area contributed by atoms with Crippen molar-refractivity contribution in [2.45, 2.75) is 0 Å². The van der Waals surface area contributed by atoms with Crippen molar-refractivity contribution < 1.29 is 9.59 Å². The van der Waals surface area contributed by atoms with Crippen LogP contribution in [0.4, 0.5) is 0 Å². The Balaban J connectivity index is 1.77. The van der Waals surface area contributed by atoms with Crippen LogP contribution >= 0.6 is 22.9 Å². The number of amides is 2. The first-order valence-corrected chi connectivity index (χ1v) is 9.44. The first kappa shape index (κ1) is 19.5. The van der Waals surface area contributed by atoms with Gasteiger partial charge in [0.25, 0.3) is 11.8 Å². The Morgan fingerprint density at radius 2 is 1.86 bits per heavy atom. The summed E-state index contributed by atoms with van der Waals surface area (Å²) in [5.41, 5.74) is 3.52. The van der Waals surface area contributed by atoms with Gasteiger partial charge in [0.15, 0.2) is 0 Å². The summed E-state index contributed by atoms with van der Waals surface area (Å²) in [6, 6.07) is 13.8. The molecule has 8 heteroatoms. The smallest absolute Gasteiger partial charge is 0.287 e. The van der Waals surface area contributed by atoms with Crippen molar-refractivity contribution in [3.63, 3.8) is 0 Å². The van der Waals surface area contributed by atoms with Crippen LogP contribution in [0.15, 0.2) is 77.1 Å². The molecule has 0 bridgehead atoms. The minimum absolute atomic E-state index is 0.0549. The molecule has 28 heavy (non-hydrogen) atoms. The van der Waals surface area contributed by atoms with Gasteiger partial charge >= 0.3 is 0 Å². The molecule has 0 saturated carbocycles. The molecular formula is C20H15ClN4O2S. The monoisotopic (exact) mass is 410 g/mol. The third-order valence-corrected chi connectivity index (χ3v) is 4.68. The van der Waals surface area contributed by atoms with Gasteiger partial charge in [0.05, 0.1) is 16.8 Å². The van der Waals surface area contributed by atoms with E-state index >= 15 is 0 Å². The third kappa shape index (κ3) is 5.35. The number of carbonyl (C=O) groups excluding carboxylic acids is 2. The highest BCUT2D eigenvalue weighted by molar-refractivity contribution is 7.10. The number of pyridine rings is 1. The zero-order chi connectivity index (χ0) is 19.8. The molecule has 6 nitrogen and oxygen atoms in total. The number of hydrogen-bond acceptors (Lipinski definition) is 5. The highest BCUT2D eigenvalue weighted by Gasteiger charge is 2.16. The summed E-state index contributed by atoms with van der Waals surface area (Å²) in [6.07, 6.45) is 6.30. The van der Waals surface area contributed by atoms with Gasteiger partial charge in [0.2, 0.25) is 0 Å². The number of nitrogens with zero attached hydrogens (tertiary/aromatic N) is 2. The van der Waals surface area contributed by atoms with Crippen LogP contribution in [-0.2, 0) is 4.79 Å². The molecule has 2 amide bonds. The first-order chi connectivity index (χ1) is 13.6. The van der Waals surface area contributed by atoms with Crippen molar-refractivity contribution in [1.82, 2.24) is 15.7 Å². The van der Waals surface area contributed by atoms with Gasteiger partial charge in [-0.2, -0.15) is 5.10 Å². The molecule has 0 aliphatic heterocycles. The second kappa shape index (κ2) is 9.59. The largest absolute Gasteiger partial charge is 0.317 e. The molecule has 0 aliphatic carbocycles. The normalized spacial score (nSPS) is 11.4. The van der Waals surface area contributed by atoms with Gasteiger partial charge in [-0.1, -0.05) is 29.8 Å². The van der Waals surface area contributed by atoms with Crippen LogP contribution < -0.4 is 10.7 Å². The van der Waals surface area contributed by atoms with E-state index in [9.17, 15) is 9.59 Å². The number of carbonyl (C=O) groups is 2. The number of nitrogens with one attached hydrogen (secondary N) is 2. The van der Waals surface area contributed by atoms with Crippen LogP contribution in [0.5, 0.6) is 0 Å². The lowest BCUT2D eigenvalue weighted by atomic mass is 10.2. The number of rotatable bonds is 6. The van der Waals surface area contributed by atoms with E-state index in [1.54, 1.807) is 54.9 Å². The minimum atomic E-state index is -0.556. The van der Waals surface area contributed by atoms with Crippen molar-refractivity contribution in [2.75, 3.05) is 0 Å². The Labute approximate surface area is 170 Å². The van der Waals surface area contributed by atoms with E-state index in [4.69, 9.17) is 11.6 Å². The second-order valence-corrected chi connectivity index (χ2v) is 6.87. The fourth-order valence-electron chi connectivity index (χ4n) is 2.18. The maximum Gasteiger partial charge on any atom is 0.287 e. The van der Waals surface area contributed by atoms with E-state index in [1.807, 2.05) is 17.5 Å². The molecule has 2 N–H and O–H groups in total. The van der Waals surface area contributed by atoms with Crippen molar-refractivity contribution >= 4 is 47.0 Å². The number of thiophene rings is 1. The third-order valence-electron chi connectivity index (χ3n) is 3.53. The molecule has 0 aliphatic rings. The van der Waals surface area contributed by atoms with Crippen LogP contribution in [0.1, 0.15) is 20.8 Å². The SMILES string of the molecule is O=C(N/N=C/c1ccncc1)/C(=C\c1cccs1)NC(=O)c1ccccc1Cl. The fourth-order valence-corrected chi connectivity index (χ4v) is 3.06. The van der Waals surface area contributed by atoms with Gasteiger partial charge in [-0.05, 0) is 47.4 Å². The molecule has 0 fully saturated rings.